The molecule has 1 aliphatic rings. The largest absolute Gasteiger partial charge is 0.394 e. The first-order valence-corrected chi connectivity index (χ1v) is 8.92. The van der Waals surface area contributed by atoms with Gasteiger partial charge in [0, 0.05) is 20.6 Å². The maximum atomic E-state index is 10.5. The van der Waals surface area contributed by atoms with Gasteiger partial charge in [0.2, 0.25) is 5.95 Å². The van der Waals surface area contributed by atoms with Crippen LogP contribution in [0.1, 0.15) is 13.2 Å². The Kier molecular flexibility index (Phi) is 6.10. The van der Waals surface area contributed by atoms with Crippen LogP contribution in [0.15, 0.2) is 18.0 Å². The minimum absolute atomic E-state index is 0.0223. The van der Waals surface area contributed by atoms with E-state index >= 15 is 0 Å². The van der Waals surface area contributed by atoms with E-state index < -0.39 is 31.1 Å². The second-order valence-electron chi connectivity index (χ2n) is 6.89. The molecule has 0 saturated carbocycles. The molecule has 5 N–H and O–H groups in total. The molecule has 1 aliphatic heterocycles. The van der Waals surface area contributed by atoms with Gasteiger partial charge in [-0.05, 0) is 6.92 Å². The SMILES string of the molecule is CC(=CCNc1ncnc2c1nc(N(C)C)n2[C@@H]1O[C@H](CO)[C@@H](O)[C@H]1O)CO. The molecule has 28 heavy (non-hydrogen) atoms. The number of aliphatic hydroxyl groups excluding tert-OH is 4. The Labute approximate surface area is 161 Å². The van der Waals surface area contributed by atoms with Crippen LogP contribution < -0.4 is 10.2 Å². The molecule has 154 valence electrons. The molecule has 1 saturated heterocycles. The van der Waals surface area contributed by atoms with Crippen LogP contribution in [0, 0.1) is 0 Å². The van der Waals surface area contributed by atoms with E-state index in [-0.39, 0.29) is 6.61 Å². The lowest BCUT2D eigenvalue weighted by Gasteiger charge is -2.21. The van der Waals surface area contributed by atoms with Gasteiger partial charge < -0.3 is 35.4 Å². The van der Waals surface area contributed by atoms with Crippen molar-refractivity contribution in [3.8, 4) is 0 Å². The van der Waals surface area contributed by atoms with Crippen molar-refractivity contribution in [2.45, 2.75) is 31.5 Å². The van der Waals surface area contributed by atoms with Crippen molar-refractivity contribution in [2.24, 2.45) is 0 Å². The van der Waals surface area contributed by atoms with Crippen LogP contribution in [-0.2, 0) is 4.74 Å². The van der Waals surface area contributed by atoms with Gasteiger partial charge >= 0.3 is 0 Å². The number of nitrogens with zero attached hydrogens (tertiary/aromatic N) is 5. The second-order valence-corrected chi connectivity index (χ2v) is 6.89. The highest BCUT2D eigenvalue weighted by atomic mass is 16.6. The number of nitrogens with one attached hydrogen (secondary N) is 1. The van der Waals surface area contributed by atoms with Crippen molar-refractivity contribution >= 4 is 22.9 Å². The Balaban J connectivity index is 2.03. The topological polar surface area (TPSA) is 149 Å². The van der Waals surface area contributed by atoms with Crippen LogP contribution >= 0.6 is 0 Å². The van der Waals surface area contributed by atoms with Crippen molar-refractivity contribution < 1.29 is 25.2 Å². The van der Waals surface area contributed by atoms with Crippen molar-refractivity contribution in [1.82, 2.24) is 19.5 Å². The third kappa shape index (κ3) is 3.66. The summed E-state index contributed by atoms with van der Waals surface area (Å²) in [6, 6.07) is 0. The van der Waals surface area contributed by atoms with Crippen molar-refractivity contribution in [2.75, 3.05) is 44.1 Å². The van der Waals surface area contributed by atoms with E-state index in [1.54, 1.807) is 23.6 Å². The molecule has 0 radical (unpaired) electrons. The van der Waals surface area contributed by atoms with Crippen molar-refractivity contribution in [1.29, 1.82) is 0 Å². The first-order valence-electron chi connectivity index (χ1n) is 8.92. The molecule has 0 spiro atoms. The molecule has 11 nitrogen and oxygen atoms in total. The summed E-state index contributed by atoms with van der Waals surface area (Å²) >= 11 is 0. The molecule has 0 amide bonds. The maximum absolute atomic E-state index is 10.5. The highest BCUT2D eigenvalue weighted by Crippen LogP contribution is 2.36. The van der Waals surface area contributed by atoms with E-state index in [1.165, 1.54) is 6.33 Å². The van der Waals surface area contributed by atoms with Gasteiger partial charge in [-0.25, -0.2) is 15.0 Å². The molecule has 0 unspecified atom stereocenters. The Hall–Kier alpha value is -2.31. The number of hydrogen-bond donors (Lipinski definition) is 5. The number of ether oxygens (including phenoxy) is 1. The lowest BCUT2D eigenvalue weighted by Crippen LogP contribution is -2.33. The van der Waals surface area contributed by atoms with Crippen LogP contribution in [-0.4, -0.2) is 92.1 Å². The average molecular weight is 394 g/mol. The molecular weight excluding hydrogens is 368 g/mol. The predicted octanol–water partition coefficient (Wildman–Crippen LogP) is -1.15. The lowest BCUT2D eigenvalue weighted by molar-refractivity contribution is -0.0503. The highest BCUT2D eigenvalue weighted by molar-refractivity contribution is 5.85. The summed E-state index contributed by atoms with van der Waals surface area (Å²) in [6.45, 7) is 1.82. The zero-order valence-corrected chi connectivity index (χ0v) is 16.0. The Morgan fingerprint density at radius 3 is 2.64 bits per heavy atom. The third-order valence-corrected chi connectivity index (χ3v) is 4.60. The van der Waals surface area contributed by atoms with E-state index in [2.05, 4.69) is 20.3 Å². The summed E-state index contributed by atoms with van der Waals surface area (Å²) in [5.41, 5.74) is 1.71. The summed E-state index contributed by atoms with van der Waals surface area (Å²) in [7, 11) is 3.57. The predicted molar refractivity (Wildman–Crippen MR) is 102 cm³/mol. The standard InChI is InChI=1S/C17H26N6O5/c1-9(6-24)4-5-18-14-11-15(20-8-19-14)23(17(21-11)22(2)3)16-13(27)12(26)10(7-25)28-16/h4,8,10,12-13,16,24-27H,5-7H2,1-3H3,(H,18,19,20)/t10-,12-,13-,16-/m1/s1. The maximum Gasteiger partial charge on any atom is 0.209 e. The first-order chi connectivity index (χ1) is 13.4. The van der Waals surface area contributed by atoms with Crippen LogP contribution in [0.2, 0.25) is 0 Å². The van der Waals surface area contributed by atoms with Crippen molar-refractivity contribution in [3.05, 3.63) is 18.0 Å². The second kappa shape index (κ2) is 8.37. The van der Waals surface area contributed by atoms with E-state index in [9.17, 15) is 15.3 Å². The molecule has 0 aromatic carbocycles. The zero-order valence-electron chi connectivity index (χ0n) is 16.0. The normalized spacial score (nSPS) is 25.5. The number of aromatic nitrogens is 4. The fraction of sp³-hybridized carbons (Fsp3) is 0.588. The van der Waals surface area contributed by atoms with Crippen LogP contribution in [0.25, 0.3) is 11.2 Å². The lowest BCUT2D eigenvalue weighted by atomic mass is 10.1. The van der Waals surface area contributed by atoms with Gasteiger partial charge in [-0.1, -0.05) is 11.6 Å². The zero-order chi connectivity index (χ0) is 20.4. The molecule has 2 aromatic heterocycles. The number of anilines is 2. The van der Waals surface area contributed by atoms with Gasteiger partial charge in [0.1, 0.15) is 24.6 Å². The van der Waals surface area contributed by atoms with Gasteiger partial charge in [-0.2, -0.15) is 0 Å². The number of hydrogen-bond acceptors (Lipinski definition) is 10. The van der Waals surface area contributed by atoms with Gasteiger partial charge in [-0.3, -0.25) is 4.57 Å². The fourth-order valence-electron chi connectivity index (χ4n) is 3.06. The van der Waals surface area contributed by atoms with Gasteiger partial charge in [0.25, 0.3) is 0 Å². The fourth-order valence-corrected chi connectivity index (χ4v) is 3.06. The van der Waals surface area contributed by atoms with Gasteiger partial charge in [-0.15, -0.1) is 0 Å². The molecular formula is C17H26N6O5. The number of aliphatic hydroxyl groups is 4. The molecule has 11 heteroatoms. The molecule has 2 aromatic rings. The molecule has 3 heterocycles. The Bertz CT molecular complexity index is 854. The third-order valence-electron chi connectivity index (χ3n) is 4.60. The number of imidazole rings is 1. The summed E-state index contributed by atoms with van der Waals surface area (Å²) in [5, 5.41) is 42.2. The van der Waals surface area contributed by atoms with Gasteiger partial charge in [0.05, 0.1) is 13.2 Å². The molecule has 0 aliphatic carbocycles. The van der Waals surface area contributed by atoms with Crippen LogP contribution in [0.4, 0.5) is 11.8 Å². The average Bonchev–Trinajstić information content (AvgIpc) is 3.20. The van der Waals surface area contributed by atoms with Crippen molar-refractivity contribution in [3.63, 3.8) is 0 Å². The minimum atomic E-state index is -1.25. The van der Waals surface area contributed by atoms with Crippen LogP contribution in [0.5, 0.6) is 0 Å². The molecule has 0 bridgehead atoms. The number of fused-ring (bicyclic) bond motifs is 1. The summed E-state index contributed by atoms with van der Waals surface area (Å²) in [5.74, 6) is 0.941. The molecule has 4 atom stereocenters. The van der Waals surface area contributed by atoms with E-state index in [0.717, 1.165) is 5.57 Å². The molecule has 3 rings (SSSR count). The number of rotatable bonds is 7. The van der Waals surface area contributed by atoms with Crippen LogP contribution in [0.3, 0.4) is 0 Å². The van der Waals surface area contributed by atoms with E-state index in [1.807, 2.05) is 13.0 Å². The minimum Gasteiger partial charge on any atom is -0.394 e. The smallest absolute Gasteiger partial charge is 0.209 e. The van der Waals surface area contributed by atoms with E-state index in [0.29, 0.717) is 29.5 Å². The summed E-state index contributed by atoms with van der Waals surface area (Å²) in [4.78, 5) is 14.8. The Morgan fingerprint density at radius 2 is 2.04 bits per heavy atom. The summed E-state index contributed by atoms with van der Waals surface area (Å²) in [6.07, 6.45) is -1.15. The summed E-state index contributed by atoms with van der Waals surface area (Å²) < 4.78 is 7.26. The molecule has 1 fully saturated rings. The first kappa shape index (κ1) is 20.4. The van der Waals surface area contributed by atoms with Gasteiger partial charge in [0.15, 0.2) is 23.2 Å². The Morgan fingerprint density at radius 1 is 1.29 bits per heavy atom. The monoisotopic (exact) mass is 394 g/mol. The quantitative estimate of drug-likeness (QED) is 0.365. The highest BCUT2D eigenvalue weighted by Gasteiger charge is 2.45. The van der Waals surface area contributed by atoms with E-state index in [4.69, 9.17) is 9.84 Å².